The van der Waals surface area contributed by atoms with E-state index in [9.17, 15) is 4.79 Å². The molecule has 0 aromatic carbocycles. The molecule has 1 N–H and O–H groups in total. The van der Waals surface area contributed by atoms with E-state index in [1.807, 2.05) is 6.07 Å². The third-order valence-electron chi connectivity index (χ3n) is 3.68. The van der Waals surface area contributed by atoms with Crippen LogP contribution in [0.15, 0.2) is 22.7 Å². The number of carbonyl (C=O) groups is 1. The molecule has 22 heavy (non-hydrogen) atoms. The van der Waals surface area contributed by atoms with E-state index in [-0.39, 0.29) is 5.91 Å². The number of nitrogens with one attached hydrogen (secondary N) is 1. The summed E-state index contributed by atoms with van der Waals surface area (Å²) in [5.41, 5.74) is 0. The van der Waals surface area contributed by atoms with Crippen molar-refractivity contribution in [2.45, 2.75) is 43.8 Å². The van der Waals surface area contributed by atoms with E-state index in [0.29, 0.717) is 12.3 Å². The van der Waals surface area contributed by atoms with E-state index >= 15 is 0 Å². The number of hydrogen-bond acceptors (Lipinski definition) is 5. The van der Waals surface area contributed by atoms with Gasteiger partial charge in [0.2, 0.25) is 5.91 Å². The molecule has 7 heteroatoms. The van der Waals surface area contributed by atoms with Crippen molar-refractivity contribution < 1.29 is 4.79 Å². The molecule has 0 bridgehead atoms. The van der Waals surface area contributed by atoms with Crippen LogP contribution in [0.1, 0.15) is 30.0 Å². The summed E-state index contributed by atoms with van der Waals surface area (Å²) < 4.78 is 2.18. The zero-order valence-corrected chi connectivity index (χ0v) is 14.1. The van der Waals surface area contributed by atoms with E-state index in [4.69, 9.17) is 0 Å². The fourth-order valence-corrected chi connectivity index (χ4v) is 4.05. The first-order valence-electron chi connectivity index (χ1n) is 7.67. The summed E-state index contributed by atoms with van der Waals surface area (Å²) in [5.74, 6) is 1.54. The standard InChI is InChI=1S/C15H20N4OS2/c20-14(16-8-7-12-5-4-10-21-12)11-22-15-18-17-13-6-2-1-3-9-19(13)15/h4-5,10H,1-3,6-9,11H2,(H,16,20). The van der Waals surface area contributed by atoms with Crippen molar-refractivity contribution in [1.29, 1.82) is 0 Å². The van der Waals surface area contributed by atoms with E-state index in [1.54, 1.807) is 11.3 Å². The summed E-state index contributed by atoms with van der Waals surface area (Å²) in [6.07, 6.45) is 5.50. The van der Waals surface area contributed by atoms with Gasteiger partial charge in [-0.25, -0.2) is 0 Å². The number of thioether (sulfide) groups is 1. The summed E-state index contributed by atoms with van der Waals surface area (Å²) in [5, 5.41) is 14.4. The highest BCUT2D eigenvalue weighted by Crippen LogP contribution is 2.21. The first kappa shape index (κ1) is 15.6. The number of nitrogens with zero attached hydrogens (tertiary/aromatic N) is 3. The van der Waals surface area contributed by atoms with Crippen molar-refractivity contribution in [2.24, 2.45) is 0 Å². The lowest BCUT2D eigenvalue weighted by molar-refractivity contribution is -0.118. The second-order valence-corrected chi connectivity index (χ2v) is 7.30. The third kappa shape index (κ3) is 4.10. The molecule has 5 nitrogen and oxygen atoms in total. The highest BCUT2D eigenvalue weighted by atomic mass is 32.2. The average molecular weight is 336 g/mol. The second kappa shape index (κ2) is 7.78. The van der Waals surface area contributed by atoms with Crippen LogP contribution in [-0.2, 0) is 24.2 Å². The van der Waals surface area contributed by atoms with Crippen molar-refractivity contribution in [1.82, 2.24) is 20.1 Å². The molecule has 0 atom stereocenters. The van der Waals surface area contributed by atoms with Gasteiger partial charge in [0.05, 0.1) is 5.75 Å². The molecular formula is C15H20N4OS2. The molecule has 1 amide bonds. The van der Waals surface area contributed by atoms with Gasteiger partial charge in [0.25, 0.3) is 0 Å². The van der Waals surface area contributed by atoms with Crippen LogP contribution in [0.25, 0.3) is 0 Å². The number of aryl methyl sites for hydroxylation is 1. The normalized spacial score (nSPS) is 14.4. The summed E-state index contributed by atoms with van der Waals surface area (Å²) in [6.45, 7) is 1.67. The lowest BCUT2D eigenvalue weighted by Gasteiger charge is -2.07. The maximum Gasteiger partial charge on any atom is 0.230 e. The predicted octanol–water partition coefficient (Wildman–Crippen LogP) is 2.52. The Kier molecular flexibility index (Phi) is 5.50. The summed E-state index contributed by atoms with van der Waals surface area (Å²) >= 11 is 3.21. The molecule has 2 aromatic rings. The summed E-state index contributed by atoms with van der Waals surface area (Å²) in [7, 11) is 0. The van der Waals surface area contributed by atoms with Crippen LogP contribution in [0.5, 0.6) is 0 Å². The molecular weight excluding hydrogens is 316 g/mol. The molecule has 0 fully saturated rings. The van der Waals surface area contributed by atoms with Gasteiger partial charge in [0, 0.05) is 24.4 Å². The monoisotopic (exact) mass is 336 g/mol. The zero-order chi connectivity index (χ0) is 15.2. The minimum Gasteiger partial charge on any atom is -0.355 e. The van der Waals surface area contributed by atoms with E-state index in [1.165, 1.54) is 35.9 Å². The topological polar surface area (TPSA) is 59.8 Å². The van der Waals surface area contributed by atoms with Gasteiger partial charge in [0.1, 0.15) is 5.82 Å². The molecule has 0 saturated carbocycles. The van der Waals surface area contributed by atoms with Crippen molar-refractivity contribution in [3.05, 3.63) is 28.2 Å². The smallest absolute Gasteiger partial charge is 0.230 e. The molecule has 3 rings (SSSR count). The quantitative estimate of drug-likeness (QED) is 0.824. The van der Waals surface area contributed by atoms with Gasteiger partial charge in [-0.2, -0.15) is 0 Å². The Balaban J connectivity index is 1.44. The SMILES string of the molecule is O=C(CSc1nnc2n1CCCCC2)NCCc1cccs1. The minimum absolute atomic E-state index is 0.0625. The first-order valence-corrected chi connectivity index (χ1v) is 9.53. The lowest BCUT2D eigenvalue weighted by Crippen LogP contribution is -2.27. The zero-order valence-electron chi connectivity index (χ0n) is 12.5. The predicted molar refractivity (Wildman–Crippen MR) is 89.3 cm³/mol. The van der Waals surface area contributed by atoms with Gasteiger partial charge in [-0.3, -0.25) is 4.79 Å². The molecule has 0 spiro atoms. The average Bonchev–Trinajstić information content (AvgIpc) is 3.10. The van der Waals surface area contributed by atoms with E-state index in [0.717, 1.165) is 30.4 Å². The highest BCUT2D eigenvalue weighted by molar-refractivity contribution is 7.99. The Hall–Kier alpha value is -1.34. The Labute approximate surface area is 138 Å². The van der Waals surface area contributed by atoms with Crippen molar-refractivity contribution in [3.8, 4) is 0 Å². The molecule has 0 aliphatic carbocycles. The number of amides is 1. The van der Waals surface area contributed by atoms with Gasteiger partial charge >= 0.3 is 0 Å². The maximum atomic E-state index is 11.9. The number of hydrogen-bond donors (Lipinski definition) is 1. The van der Waals surface area contributed by atoms with Gasteiger partial charge in [-0.1, -0.05) is 24.2 Å². The number of rotatable bonds is 6. The summed E-state index contributed by atoms with van der Waals surface area (Å²) in [6, 6.07) is 4.13. The van der Waals surface area contributed by atoms with Crippen LogP contribution in [0, 0.1) is 0 Å². The third-order valence-corrected chi connectivity index (χ3v) is 5.58. The Morgan fingerprint density at radius 1 is 1.36 bits per heavy atom. The molecule has 1 aliphatic rings. The van der Waals surface area contributed by atoms with E-state index in [2.05, 4.69) is 31.5 Å². The molecule has 118 valence electrons. The van der Waals surface area contributed by atoms with Gasteiger partial charge in [-0.15, -0.1) is 21.5 Å². The number of thiophene rings is 1. The Morgan fingerprint density at radius 2 is 2.32 bits per heavy atom. The number of fused-ring (bicyclic) bond motifs is 1. The largest absolute Gasteiger partial charge is 0.355 e. The second-order valence-electron chi connectivity index (χ2n) is 5.33. The molecule has 0 saturated heterocycles. The highest BCUT2D eigenvalue weighted by Gasteiger charge is 2.15. The van der Waals surface area contributed by atoms with Crippen molar-refractivity contribution >= 4 is 29.0 Å². The summed E-state index contributed by atoms with van der Waals surface area (Å²) in [4.78, 5) is 13.2. The first-order chi connectivity index (χ1) is 10.8. The van der Waals surface area contributed by atoms with Crippen LogP contribution >= 0.6 is 23.1 Å². The minimum atomic E-state index is 0.0625. The van der Waals surface area contributed by atoms with Crippen molar-refractivity contribution in [3.63, 3.8) is 0 Å². The number of carbonyl (C=O) groups excluding carboxylic acids is 1. The molecule has 0 radical (unpaired) electrons. The Morgan fingerprint density at radius 3 is 3.18 bits per heavy atom. The van der Waals surface area contributed by atoms with E-state index < -0.39 is 0 Å². The Bertz CT molecular complexity index is 609. The number of aromatic nitrogens is 3. The van der Waals surface area contributed by atoms with Gasteiger partial charge < -0.3 is 9.88 Å². The van der Waals surface area contributed by atoms with Crippen LogP contribution in [0.2, 0.25) is 0 Å². The molecule has 2 aromatic heterocycles. The van der Waals surface area contributed by atoms with Crippen LogP contribution < -0.4 is 5.32 Å². The fourth-order valence-electron chi connectivity index (χ4n) is 2.53. The van der Waals surface area contributed by atoms with Crippen LogP contribution in [-0.4, -0.2) is 33.0 Å². The van der Waals surface area contributed by atoms with Gasteiger partial charge in [0.15, 0.2) is 5.16 Å². The van der Waals surface area contributed by atoms with Crippen molar-refractivity contribution in [2.75, 3.05) is 12.3 Å². The molecule has 0 unspecified atom stereocenters. The maximum absolute atomic E-state index is 11.9. The van der Waals surface area contributed by atoms with Crippen LogP contribution in [0.4, 0.5) is 0 Å². The molecule has 3 heterocycles. The lowest BCUT2D eigenvalue weighted by atomic mass is 10.2. The van der Waals surface area contributed by atoms with Crippen LogP contribution in [0.3, 0.4) is 0 Å². The molecule has 1 aliphatic heterocycles. The van der Waals surface area contributed by atoms with Gasteiger partial charge in [-0.05, 0) is 30.7 Å². The fraction of sp³-hybridized carbons (Fsp3) is 0.533.